The normalized spacial score (nSPS) is 11.9. The molecule has 1 heterocycles. The lowest BCUT2D eigenvalue weighted by Gasteiger charge is -2.17. The number of aromatic nitrogens is 3. The fourth-order valence-electron chi connectivity index (χ4n) is 3.55. The highest BCUT2D eigenvalue weighted by Crippen LogP contribution is 2.24. The number of nitrogens with one attached hydrogen (secondary N) is 2. The second kappa shape index (κ2) is 12.8. The van der Waals surface area contributed by atoms with E-state index in [-0.39, 0.29) is 51.9 Å². The highest BCUT2D eigenvalue weighted by molar-refractivity contribution is 7.87. The van der Waals surface area contributed by atoms with Crippen LogP contribution in [0.3, 0.4) is 0 Å². The zero-order chi connectivity index (χ0) is 29.5. The highest BCUT2D eigenvalue weighted by atomic mass is 32.2. The molecule has 0 spiro atoms. The maximum Gasteiger partial charge on any atom is 0.318 e. The van der Waals surface area contributed by atoms with Crippen molar-refractivity contribution in [3.8, 4) is 0 Å². The molecule has 0 fully saturated rings. The second-order valence-electron chi connectivity index (χ2n) is 8.44. The fourth-order valence-corrected chi connectivity index (χ4v) is 5.18. The van der Waals surface area contributed by atoms with Crippen LogP contribution in [0.4, 0.5) is 23.5 Å². The van der Waals surface area contributed by atoms with Crippen molar-refractivity contribution in [1.82, 2.24) is 15.0 Å². The molecule has 0 saturated carbocycles. The number of anilines is 4. The first-order valence-corrected chi connectivity index (χ1v) is 14.8. The predicted octanol–water partition coefficient (Wildman–Crippen LogP) is 3.19. The van der Waals surface area contributed by atoms with Crippen molar-refractivity contribution in [3.05, 3.63) is 90.0 Å². The third-order valence-electron chi connectivity index (χ3n) is 5.50. The van der Waals surface area contributed by atoms with Crippen molar-refractivity contribution in [3.63, 3.8) is 0 Å². The predicted molar refractivity (Wildman–Crippen MR) is 153 cm³/mol. The van der Waals surface area contributed by atoms with Gasteiger partial charge in [-0.25, -0.2) is 5.48 Å². The van der Waals surface area contributed by atoms with Crippen molar-refractivity contribution < 1.29 is 30.8 Å². The van der Waals surface area contributed by atoms with Gasteiger partial charge in [-0.1, -0.05) is 66.7 Å². The Bertz CT molecular complexity index is 1750. The maximum atomic E-state index is 13.2. The van der Waals surface area contributed by atoms with Crippen molar-refractivity contribution in [1.29, 1.82) is 0 Å². The first kappa shape index (κ1) is 29.6. The topological polar surface area (TPSA) is 184 Å². The smallest absolute Gasteiger partial charge is 0.318 e. The van der Waals surface area contributed by atoms with E-state index in [1.807, 2.05) is 18.2 Å². The molecular weight excluding hydrogens is 572 g/mol. The van der Waals surface area contributed by atoms with Crippen molar-refractivity contribution in [2.45, 2.75) is 9.79 Å². The molecule has 0 aliphatic carbocycles. The van der Waals surface area contributed by atoms with Gasteiger partial charge < -0.3 is 15.3 Å². The van der Waals surface area contributed by atoms with E-state index in [1.165, 1.54) is 48.6 Å². The summed E-state index contributed by atoms with van der Waals surface area (Å²) in [5.74, 6) is 0.00374. The fraction of sp³-hybridized carbons (Fsp3) is 0.115. The molecule has 214 valence electrons. The molecule has 3 aromatic carbocycles. The summed E-state index contributed by atoms with van der Waals surface area (Å²) in [6, 6.07) is 20.6. The Morgan fingerprint density at radius 1 is 0.805 bits per heavy atom. The average molecular weight is 599 g/mol. The van der Waals surface area contributed by atoms with Crippen LogP contribution in [0.2, 0.25) is 0 Å². The number of hydrogen-bond acceptors (Lipinski definition) is 12. The lowest BCUT2D eigenvalue weighted by molar-refractivity contribution is 0.303. The van der Waals surface area contributed by atoms with Crippen LogP contribution in [0.5, 0.6) is 0 Å². The summed E-state index contributed by atoms with van der Waals surface area (Å²) in [5.41, 5.74) is 3.27. The van der Waals surface area contributed by atoms with Gasteiger partial charge in [-0.05, 0) is 35.4 Å². The summed E-state index contributed by atoms with van der Waals surface area (Å²) in [6.07, 6.45) is 2.74. The molecule has 0 radical (unpaired) electrons. The molecule has 0 amide bonds. The van der Waals surface area contributed by atoms with E-state index in [4.69, 9.17) is 4.28 Å². The molecule has 0 bridgehead atoms. The van der Waals surface area contributed by atoms with Gasteiger partial charge in [-0.2, -0.15) is 31.8 Å². The molecule has 0 aliphatic heterocycles. The molecule has 1 aromatic heterocycles. The van der Waals surface area contributed by atoms with E-state index in [0.29, 0.717) is 5.69 Å². The van der Waals surface area contributed by atoms with Gasteiger partial charge in [-0.15, -0.1) is 4.28 Å². The third kappa shape index (κ3) is 7.84. The van der Waals surface area contributed by atoms with Gasteiger partial charge in [0.15, 0.2) is 0 Å². The number of hydrogen-bond donors (Lipinski definition) is 4. The largest absolute Gasteiger partial charge is 0.395 e. The Balaban J connectivity index is 1.60. The number of likely N-dealkylation sites (N-methyl/N-ethyl adjacent to an activating group) is 1. The number of para-hydroxylation sites is 1. The van der Waals surface area contributed by atoms with Crippen LogP contribution in [0.1, 0.15) is 11.1 Å². The molecule has 13 nitrogen and oxygen atoms in total. The SMILES string of the molecule is CN(CCO)c1nc(NOS(=O)(=O)c2ccccc2C=Cc2ccccc2S(=O)(=O)O)nc(Nc2ccccc2)n1. The second-order valence-corrected chi connectivity index (χ2v) is 11.3. The molecule has 4 rings (SSSR count). The summed E-state index contributed by atoms with van der Waals surface area (Å²) >= 11 is 0. The van der Waals surface area contributed by atoms with Crippen LogP contribution in [0, 0.1) is 0 Å². The van der Waals surface area contributed by atoms with Gasteiger partial charge in [0.1, 0.15) is 9.79 Å². The molecule has 4 aromatic rings. The molecule has 41 heavy (non-hydrogen) atoms. The summed E-state index contributed by atoms with van der Waals surface area (Å²) in [4.78, 5) is 13.7. The Morgan fingerprint density at radius 2 is 1.37 bits per heavy atom. The zero-order valence-electron chi connectivity index (χ0n) is 21.6. The average Bonchev–Trinajstić information content (AvgIpc) is 2.95. The number of rotatable bonds is 12. The van der Waals surface area contributed by atoms with E-state index >= 15 is 0 Å². The van der Waals surface area contributed by atoms with Gasteiger partial charge in [0.25, 0.3) is 16.1 Å². The molecule has 0 unspecified atom stereocenters. The minimum absolute atomic E-state index is 0.0929. The standard InChI is InChI=1S/C26H26N6O7S2/c1-32(17-18-33)26-29-24(27-21-11-3-2-4-12-21)28-25(30-26)31-39-41(37,38)23-14-8-6-10-20(23)16-15-19-9-5-7-13-22(19)40(34,35)36/h2-16,33H,17-18H2,1H3,(H,34,35,36)(H2,27,28,29,30,31). The molecule has 4 N–H and O–H groups in total. The maximum absolute atomic E-state index is 13.2. The van der Waals surface area contributed by atoms with E-state index in [2.05, 4.69) is 25.7 Å². The Labute approximate surface area is 237 Å². The van der Waals surface area contributed by atoms with Crippen LogP contribution in [-0.4, -0.2) is 61.6 Å². The molecular formula is C26H26N6O7S2. The Hall–Kier alpha value is -4.41. The van der Waals surface area contributed by atoms with Gasteiger partial charge in [0.05, 0.1) is 6.61 Å². The lowest BCUT2D eigenvalue weighted by Crippen LogP contribution is -2.25. The summed E-state index contributed by atoms with van der Waals surface area (Å²) in [6.45, 7) is 0.0318. The van der Waals surface area contributed by atoms with Crippen molar-refractivity contribution in [2.75, 3.05) is 35.9 Å². The van der Waals surface area contributed by atoms with Crippen LogP contribution >= 0.6 is 0 Å². The lowest BCUT2D eigenvalue weighted by atomic mass is 10.1. The first-order valence-electron chi connectivity index (χ1n) is 12.0. The zero-order valence-corrected chi connectivity index (χ0v) is 23.2. The monoisotopic (exact) mass is 598 g/mol. The molecule has 0 atom stereocenters. The van der Waals surface area contributed by atoms with E-state index in [0.717, 1.165) is 0 Å². The number of aliphatic hydroxyl groups excluding tert-OH is 1. The van der Waals surface area contributed by atoms with Crippen molar-refractivity contribution in [2.24, 2.45) is 0 Å². The van der Waals surface area contributed by atoms with E-state index < -0.39 is 20.2 Å². The van der Waals surface area contributed by atoms with Crippen molar-refractivity contribution >= 4 is 55.9 Å². The van der Waals surface area contributed by atoms with Crippen LogP contribution in [0.15, 0.2) is 88.7 Å². The van der Waals surface area contributed by atoms with Gasteiger partial charge in [0.2, 0.25) is 11.9 Å². The third-order valence-corrected chi connectivity index (χ3v) is 7.64. The summed E-state index contributed by atoms with van der Waals surface area (Å²) < 4.78 is 64.3. The quantitative estimate of drug-likeness (QED) is 0.106. The number of benzene rings is 3. The molecule has 15 heteroatoms. The van der Waals surface area contributed by atoms with Crippen LogP contribution < -0.4 is 15.7 Å². The number of aliphatic hydroxyl groups is 1. The Kier molecular flexibility index (Phi) is 9.26. The van der Waals surface area contributed by atoms with Gasteiger partial charge in [-0.3, -0.25) is 4.55 Å². The minimum Gasteiger partial charge on any atom is -0.395 e. The summed E-state index contributed by atoms with van der Waals surface area (Å²) in [7, 11) is -7.31. The van der Waals surface area contributed by atoms with Crippen LogP contribution in [-0.2, 0) is 24.5 Å². The van der Waals surface area contributed by atoms with Gasteiger partial charge >= 0.3 is 10.1 Å². The highest BCUT2D eigenvalue weighted by Gasteiger charge is 2.21. The number of nitrogens with zero attached hydrogens (tertiary/aromatic N) is 4. The van der Waals surface area contributed by atoms with Crippen LogP contribution in [0.25, 0.3) is 12.2 Å². The first-order chi connectivity index (χ1) is 19.6. The Morgan fingerprint density at radius 3 is 2.00 bits per heavy atom. The molecule has 0 saturated heterocycles. The molecule has 0 aliphatic rings. The van der Waals surface area contributed by atoms with Gasteiger partial charge in [0, 0.05) is 19.3 Å². The minimum atomic E-state index is -4.50. The summed E-state index contributed by atoms with van der Waals surface area (Å²) in [5, 5.41) is 12.3. The van der Waals surface area contributed by atoms with E-state index in [9.17, 15) is 26.5 Å². The van der Waals surface area contributed by atoms with E-state index in [1.54, 1.807) is 36.2 Å².